The fraction of sp³-hybridized carbons (Fsp3) is 0.600. The van der Waals surface area contributed by atoms with Gasteiger partial charge in [0.25, 0.3) is 0 Å². The maximum atomic E-state index is 13.8. The van der Waals surface area contributed by atoms with Crippen LogP contribution < -0.4 is 5.73 Å². The zero-order chi connectivity index (χ0) is 13.2. The number of rotatable bonds is 3. The van der Waals surface area contributed by atoms with E-state index in [0.29, 0.717) is 6.04 Å². The molecular weight excluding hydrogens is 227 g/mol. The minimum Gasteiger partial charge on any atom is -0.328 e. The highest BCUT2D eigenvalue weighted by atomic mass is 19.1. The summed E-state index contributed by atoms with van der Waals surface area (Å²) in [4.78, 5) is 2.26. The number of benzene rings is 1. The molecule has 1 aromatic rings. The van der Waals surface area contributed by atoms with Gasteiger partial charge in [-0.1, -0.05) is 18.2 Å². The predicted molar refractivity (Wildman–Crippen MR) is 73.0 cm³/mol. The van der Waals surface area contributed by atoms with Crippen molar-refractivity contribution < 1.29 is 4.39 Å². The molecule has 2 nitrogen and oxygen atoms in total. The molecule has 0 atom stereocenters. The number of hydrogen-bond donors (Lipinski definition) is 1. The molecule has 0 spiro atoms. The van der Waals surface area contributed by atoms with E-state index in [-0.39, 0.29) is 11.4 Å². The Kier molecular flexibility index (Phi) is 4.03. The van der Waals surface area contributed by atoms with Crippen LogP contribution in [0.4, 0.5) is 4.39 Å². The molecule has 0 saturated heterocycles. The number of halogens is 1. The van der Waals surface area contributed by atoms with Crippen molar-refractivity contribution in [2.24, 2.45) is 5.73 Å². The fourth-order valence-corrected chi connectivity index (χ4v) is 2.96. The summed E-state index contributed by atoms with van der Waals surface area (Å²) in [5.74, 6) is -0.0893. The Bertz CT molecular complexity index is 395. The molecule has 100 valence electrons. The zero-order valence-corrected chi connectivity index (χ0v) is 11.3. The van der Waals surface area contributed by atoms with Gasteiger partial charge in [-0.15, -0.1) is 0 Å². The molecule has 0 bridgehead atoms. The van der Waals surface area contributed by atoms with Gasteiger partial charge in [0.2, 0.25) is 0 Å². The predicted octanol–water partition coefficient (Wildman–Crippen LogP) is 2.57. The van der Waals surface area contributed by atoms with Crippen LogP contribution in [-0.2, 0) is 6.42 Å². The Balaban J connectivity index is 2.19. The minimum absolute atomic E-state index is 0.0675. The first kappa shape index (κ1) is 13.5. The van der Waals surface area contributed by atoms with E-state index in [1.165, 1.54) is 0 Å². The zero-order valence-electron chi connectivity index (χ0n) is 11.3. The van der Waals surface area contributed by atoms with Gasteiger partial charge >= 0.3 is 0 Å². The molecule has 1 aromatic carbocycles. The maximum Gasteiger partial charge on any atom is 0.126 e. The first-order valence-electron chi connectivity index (χ1n) is 6.70. The van der Waals surface area contributed by atoms with Crippen molar-refractivity contribution in [3.8, 4) is 0 Å². The lowest BCUT2D eigenvalue weighted by Crippen LogP contribution is -2.50. The van der Waals surface area contributed by atoms with Crippen molar-refractivity contribution >= 4 is 0 Å². The lowest BCUT2D eigenvalue weighted by atomic mass is 9.75. The van der Waals surface area contributed by atoms with E-state index >= 15 is 0 Å². The lowest BCUT2D eigenvalue weighted by Gasteiger charge is -2.45. The van der Waals surface area contributed by atoms with E-state index in [1.807, 2.05) is 12.1 Å². The summed E-state index contributed by atoms with van der Waals surface area (Å²) in [5, 5.41) is 0. The Hall–Kier alpha value is -0.930. The van der Waals surface area contributed by atoms with E-state index in [0.717, 1.165) is 37.7 Å². The summed E-state index contributed by atoms with van der Waals surface area (Å²) < 4.78 is 13.8. The minimum atomic E-state index is -0.0893. The van der Waals surface area contributed by atoms with Crippen LogP contribution in [0.15, 0.2) is 24.3 Å². The average molecular weight is 250 g/mol. The molecule has 0 aromatic heterocycles. The van der Waals surface area contributed by atoms with E-state index in [4.69, 9.17) is 5.73 Å². The van der Waals surface area contributed by atoms with Crippen LogP contribution >= 0.6 is 0 Å². The normalized spacial score (nSPS) is 28.6. The fourth-order valence-electron chi connectivity index (χ4n) is 2.96. The number of nitrogens with two attached hydrogens (primary N) is 1. The summed E-state index contributed by atoms with van der Waals surface area (Å²) in [6, 6.07) is 7.43. The highest BCUT2D eigenvalue weighted by Crippen LogP contribution is 2.35. The number of hydrogen-bond acceptors (Lipinski definition) is 2. The molecule has 0 radical (unpaired) electrons. The van der Waals surface area contributed by atoms with Gasteiger partial charge in [0, 0.05) is 11.6 Å². The molecule has 0 unspecified atom stereocenters. The van der Waals surface area contributed by atoms with Crippen LogP contribution in [-0.4, -0.2) is 30.6 Å². The molecule has 1 fully saturated rings. The Labute approximate surface area is 109 Å². The van der Waals surface area contributed by atoms with Crippen LogP contribution in [0.3, 0.4) is 0 Å². The molecule has 18 heavy (non-hydrogen) atoms. The molecule has 1 saturated carbocycles. The first-order valence-corrected chi connectivity index (χ1v) is 6.70. The molecule has 0 aliphatic heterocycles. The van der Waals surface area contributed by atoms with Crippen LogP contribution in [0.2, 0.25) is 0 Å². The third-order valence-corrected chi connectivity index (χ3v) is 4.39. The lowest BCUT2D eigenvalue weighted by molar-refractivity contribution is 0.0925. The van der Waals surface area contributed by atoms with Gasteiger partial charge in [-0.05, 0) is 57.8 Å². The smallest absolute Gasteiger partial charge is 0.126 e. The van der Waals surface area contributed by atoms with Crippen LogP contribution in [0.1, 0.15) is 31.2 Å². The topological polar surface area (TPSA) is 29.3 Å². The second-order valence-electron chi connectivity index (χ2n) is 5.72. The summed E-state index contributed by atoms with van der Waals surface area (Å²) in [6.45, 7) is 0. The Morgan fingerprint density at radius 2 is 1.89 bits per heavy atom. The van der Waals surface area contributed by atoms with Crippen molar-refractivity contribution in [3.63, 3.8) is 0 Å². The summed E-state index contributed by atoms with van der Waals surface area (Å²) in [6.07, 6.45) is 4.95. The molecule has 3 heteroatoms. The van der Waals surface area contributed by atoms with Gasteiger partial charge in [0.05, 0.1) is 0 Å². The third-order valence-electron chi connectivity index (χ3n) is 4.39. The molecule has 0 amide bonds. The molecule has 2 rings (SSSR count). The quantitative estimate of drug-likeness (QED) is 0.893. The number of likely N-dealkylation sites (N-methyl/N-ethyl adjacent to an activating group) is 1. The van der Waals surface area contributed by atoms with Crippen LogP contribution in [0.5, 0.6) is 0 Å². The standard InChI is InChI=1S/C15H23FN2/c1-18(2)15(9-7-13(17)8-10-15)11-12-5-3-4-6-14(12)16/h3-6,13H,7-11,17H2,1-2H3. The van der Waals surface area contributed by atoms with Crippen molar-refractivity contribution in [3.05, 3.63) is 35.6 Å². The van der Waals surface area contributed by atoms with Gasteiger partial charge in [0.15, 0.2) is 0 Å². The molecule has 0 heterocycles. The van der Waals surface area contributed by atoms with Gasteiger partial charge in [-0.3, -0.25) is 0 Å². The average Bonchev–Trinajstić information content (AvgIpc) is 2.35. The Morgan fingerprint density at radius 3 is 2.44 bits per heavy atom. The van der Waals surface area contributed by atoms with E-state index in [2.05, 4.69) is 19.0 Å². The SMILES string of the molecule is CN(C)C1(Cc2ccccc2F)CCC(N)CC1. The summed E-state index contributed by atoms with van der Waals surface area (Å²) >= 11 is 0. The van der Waals surface area contributed by atoms with Gasteiger partial charge in [-0.25, -0.2) is 4.39 Å². The van der Waals surface area contributed by atoms with Crippen molar-refractivity contribution in [2.75, 3.05) is 14.1 Å². The largest absolute Gasteiger partial charge is 0.328 e. The second kappa shape index (κ2) is 5.37. The van der Waals surface area contributed by atoms with Crippen LogP contribution in [0, 0.1) is 5.82 Å². The number of nitrogens with zero attached hydrogens (tertiary/aromatic N) is 1. The molecule has 2 N–H and O–H groups in total. The van der Waals surface area contributed by atoms with Crippen LogP contribution in [0.25, 0.3) is 0 Å². The maximum absolute atomic E-state index is 13.8. The monoisotopic (exact) mass is 250 g/mol. The molecular formula is C15H23FN2. The van der Waals surface area contributed by atoms with E-state index in [9.17, 15) is 4.39 Å². The van der Waals surface area contributed by atoms with Crippen molar-refractivity contribution in [1.29, 1.82) is 0 Å². The van der Waals surface area contributed by atoms with Gasteiger partial charge < -0.3 is 10.6 Å². The van der Waals surface area contributed by atoms with Gasteiger partial charge in [-0.2, -0.15) is 0 Å². The second-order valence-corrected chi connectivity index (χ2v) is 5.72. The summed E-state index contributed by atoms with van der Waals surface area (Å²) in [5.41, 5.74) is 6.88. The summed E-state index contributed by atoms with van der Waals surface area (Å²) in [7, 11) is 4.19. The van der Waals surface area contributed by atoms with Crippen molar-refractivity contribution in [1.82, 2.24) is 4.90 Å². The highest BCUT2D eigenvalue weighted by Gasteiger charge is 2.36. The Morgan fingerprint density at radius 1 is 1.28 bits per heavy atom. The third kappa shape index (κ3) is 2.73. The highest BCUT2D eigenvalue weighted by molar-refractivity contribution is 5.20. The van der Waals surface area contributed by atoms with Gasteiger partial charge in [0.1, 0.15) is 5.82 Å². The molecule has 1 aliphatic carbocycles. The van der Waals surface area contributed by atoms with Crippen molar-refractivity contribution in [2.45, 2.75) is 43.7 Å². The first-order chi connectivity index (χ1) is 8.53. The molecule has 1 aliphatic rings. The van der Waals surface area contributed by atoms with E-state index in [1.54, 1.807) is 12.1 Å². The van der Waals surface area contributed by atoms with E-state index < -0.39 is 0 Å².